The Balaban J connectivity index is 2.50. The number of rotatable bonds is 5. The number of hydrogen-bond donors (Lipinski definition) is 2. The predicted molar refractivity (Wildman–Crippen MR) is 84.1 cm³/mol. The summed E-state index contributed by atoms with van der Waals surface area (Å²) in [4.78, 5) is 16.0. The summed E-state index contributed by atoms with van der Waals surface area (Å²) in [6, 6.07) is 0. The molecule has 0 amide bonds. The van der Waals surface area contributed by atoms with Crippen LogP contribution < -0.4 is 11.4 Å². The Labute approximate surface area is 135 Å². The lowest BCUT2D eigenvalue weighted by Crippen LogP contribution is -2.46. The summed E-state index contributed by atoms with van der Waals surface area (Å²) < 4.78 is 18.7. The van der Waals surface area contributed by atoms with Gasteiger partial charge in [-0.1, -0.05) is 0 Å². The number of aliphatic hydroxyl groups excluding tert-OH is 1. The first-order valence-corrected chi connectivity index (χ1v) is 7.55. The third kappa shape index (κ3) is 3.25. The molecule has 0 radical (unpaired) electrons. The van der Waals surface area contributed by atoms with Crippen LogP contribution in [-0.2, 0) is 14.2 Å². The molecule has 130 valence electrons. The Kier molecular flexibility index (Phi) is 5.10. The molecule has 0 saturated carbocycles. The number of nitrogens with zero attached hydrogens (tertiary/aromatic N) is 2. The van der Waals surface area contributed by atoms with E-state index in [0.717, 1.165) is 0 Å². The van der Waals surface area contributed by atoms with E-state index in [1.54, 1.807) is 20.0 Å². The standard InChI is InChI=1S/C15H25N3O5/c1-8(2)22-10-11(21-5)15(4,7-19)23-13(10)18-6-9(3)12(16)17-14(18)20/h6,8,10-11,13,19H,7H2,1-5H3,(H2,16,17,20)/t10?,11-,13?,15?/m1/s1. The van der Waals surface area contributed by atoms with Crippen molar-refractivity contribution in [3.63, 3.8) is 0 Å². The van der Waals surface area contributed by atoms with Gasteiger partial charge in [0.1, 0.15) is 23.6 Å². The predicted octanol–water partition coefficient (Wildman–Crippen LogP) is 0.222. The van der Waals surface area contributed by atoms with E-state index in [1.165, 1.54) is 11.7 Å². The number of nitrogen functional groups attached to an aromatic ring is 1. The minimum atomic E-state index is -0.992. The molecule has 8 heteroatoms. The van der Waals surface area contributed by atoms with E-state index in [2.05, 4.69) is 4.98 Å². The van der Waals surface area contributed by atoms with Crippen LogP contribution in [0, 0.1) is 6.92 Å². The van der Waals surface area contributed by atoms with Gasteiger partial charge in [-0.15, -0.1) is 0 Å². The van der Waals surface area contributed by atoms with Crippen LogP contribution in [0.4, 0.5) is 5.82 Å². The highest BCUT2D eigenvalue weighted by atomic mass is 16.6. The van der Waals surface area contributed by atoms with Crippen LogP contribution in [-0.4, -0.2) is 52.3 Å². The molecule has 8 nitrogen and oxygen atoms in total. The van der Waals surface area contributed by atoms with Crippen molar-refractivity contribution in [2.45, 2.75) is 57.8 Å². The summed E-state index contributed by atoms with van der Waals surface area (Å²) in [7, 11) is 1.52. The fraction of sp³-hybridized carbons (Fsp3) is 0.733. The third-order valence-electron chi connectivity index (χ3n) is 4.02. The smallest absolute Gasteiger partial charge is 0.351 e. The molecule has 1 aliphatic rings. The van der Waals surface area contributed by atoms with Gasteiger partial charge in [-0.05, 0) is 27.7 Å². The molecule has 1 aliphatic heterocycles. The van der Waals surface area contributed by atoms with Gasteiger partial charge in [0.15, 0.2) is 6.23 Å². The number of aliphatic hydroxyl groups is 1. The van der Waals surface area contributed by atoms with E-state index >= 15 is 0 Å². The second-order valence-corrected chi connectivity index (χ2v) is 6.28. The Morgan fingerprint density at radius 2 is 2.22 bits per heavy atom. The van der Waals surface area contributed by atoms with Crippen molar-refractivity contribution >= 4 is 5.82 Å². The van der Waals surface area contributed by atoms with Crippen molar-refractivity contribution in [1.82, 2.24) is 9.55 Å². The Hall–Kier alpha value is -1.48. The summed E-state index contributed by atoms with van der Waals surface area (Å²) in [6.07, 6.45) is -0.395. The highest BCUT2D eigenvalue weighted by Gasteiger charge is 2.54. The van der Waals surface area contributed by atoms with Crippen molar-refractivity contribution in [3.8, 4) is 0 Å². The summed E-state index contributed by atoms with van der Waals surface area (Å²) in [6.45, 7) is 6.97. The van der Waals surface area contributed by atoms with Crippen molar-refractivity contribution in [2.75, 3.05) is 19.5 Å². The summed E-state index contributed by atoms with van der Waals surface area (Å²) >= 11 is 0. The molecule has 4 atom stereocenters. The zero-order chi connectivity index (χ0) is 17.4. The number of hydrogen-bond acceptors (Lipinski definition) is 7. The van der Waals surface area contributed by atoms with Gasteiger partial charge in [0.05, 0.1) is 12.7 Å². The second kappa shape index (κ2) is 6.56. The molecule has 1 fully saturated rings. The molecular weight excluding hydrogens is 302 g/mol. The Bertz CT molecular complexity index is 618. The normalized spacial score (nSPS) is 31.0. The van der Waals surface area contributed by atoms with E-state index in [-0.39, 0.29) is 18.5 Å². The van der Waals surface area contributed by atoms with E-state index in [9.17, 15) is 9.90 Å². The van der Waals surface area contributed by atoms with Crippen LogP contribution in [0.5, 0.6) is 0 Å². The molecule has 0 spiro atoms. The molecule has 0 bridgehead atoms. The van der Waals surface area contributed by atoms with Crippen LogP contribution in [0.3, 0.4) is 0 Å². The molecule has 2 heterocycles. The molecule has 1 aromatic rings. The zero-order valence-electron chi connectivity index (χ0n) is 14.1. The third-order valence-corrected chi connectivity index (χ3v) is 4.02. The number of aryl methyl sites for hydroxylation is 1. The van der Waals surface area contributed by atoms with Gasteiger partial charge < -0.3 is 25.1 Å². The first-order chi connectivity index (χ1) is 10.7. The summed E-state index contributed by atoms with van der Waals surface area (Å²) in [5.74, 6) is 0.179. The van der Waals surface area contributed by atoms with Gasteiger partial charge in [0.25, 0.3) is 0 Å². The van der Waals surface area contributed by atoms with Crippen molar-refractivity contribution < 1.29 is 19.3 Å². The van der Waals surface area contributed by atoms with Crippen molar-refractivity contribution in [2.24, 2.45) is 0 Å². The molecule has 1 aromatic heterocycles. The number of aromatic nitrogens is 2. The van der Waals surface area contributed by atoms with E-state index in [0.29, 0.717) is 5.56 Å². The topological polar surface area (TPSA) is 109 Å². The van der Waals surface area contributed by atoms with Crippen LogP contribution in [0.15, 0.2) is 11.0 Å². The highest BCUT2D eigenvalue weighted by Crippen LogP contribution is 2.40. The monoisotopic (exact) mass is 327 g/mol. The minimum absolute atomic E-state index is 0.108. The average molecular weight is 327 g/mol. The van der Waals surface area contributed by atoms with Gasteiger partial charge in [0, 0.05) is 18.9 Å². The van der Waals surface area contributed by atoms with E-state index in [4.69, 9.17) is 19.9 Å². The van der Waals surface area contributed by atoms with Crippen molar-refractivity contribution in [3.05, 3.63) is 22.2 Å². The van der Waals surface area contributed by atoms with Crippen LogP contribution in [0.2, 0.25) is 0 Å². The van der Waals surface area contributed by atoms with Gasteiger partial charge >= 0.3 is 5.69 Å². The highest BCUT2D eigenvalue weighted by molar-refractivity contribution is 5.35. The Morgan fingerprint density at radius 1 is 1.57 bits per heavy atom. The average Bonchev–Trinajstić information content (AvgIpc) is 2.75. The number of nitrogens with two attached hydrogens (primary N) is 1. The van der Waals surface area contributed by atoms with Gasteiger partial charge in [-0.25, -0.2) is 4.79 Å². The molecule has 0 aliphatic carbocycles. The molecule has 3 unspecified atom stereocenters. The quantitative estimate of drug-likeness (QED) is 0.796. The van der Waals surface area contributed by atoms with Gasteiger partial charge in [-0.3, -0.25) is 4.57 Å². The van der Waals surface area contributed by atoms with Gasteiger partial charge in [-0.2, -0.15) is 4.98 Å². The molecule has 23 heavy (non-hydrogen) atoms. The minimum Gasteiger partial charge on any atom is -0.393 e. The van der Waals surface area contributed by atoms with E-state index in [1.807, 2.05) is 13.8 Å². The lowest BCUT2D eigenvalue weighted by atomic mass is 9.98. The van der Waals surface area contributed by atoms with Crippen LogP contribution in [0.25, 0.3) is 0 Å². The number of anilines is 1. The molecular formula is C15H25N3O5. The maximum absolute atomic E-state index is 12.2. The molecule has 3 N–H and O–H groups in total. The molecule has 0 aromatic carbocycles. The largest absolute Gasteiger partial charge is 0.393 e. The maximum atomic E-state index is 12.2. The zero-order valence-corrected chi connectivity index (χ0v) is 14.1. The van der Waals surface area contributed by atoms with E-state index < -0.39 is 29.7 Å². The lowest BCUT2D eigenvalue weighted by molar-refractivity contribution is -0.124. The number of methoxy groups -OCH3 is 1. The van der Waals surface area contributed by atoms with Crippen LogP contribution >= 0.6 is 0 Å². The first-order valence-electron chi connectivity index (χ1n) is 7.55. The number of ether oxygens (including phenoxy) is 3. The second-order valence-electron chi connectivity index (χ2n) is 6.28. The summed E-state index contributed by atoms with van der Waals surface area (Å²) in [5.41, 5.74) is 4.80. The van der Waals surface area contributed by atoms with Gasteiger partial charge in [0.2, 0.25) is 0 Å². The van der Waals surface area contributed by atoms with Crippen LogP contribution in [0.1, 0.15) is 32.6 Å². The first kappa shape index (κ1) is 17.9. The fourth-order valence-electron chi connectivity index (χ4n) is 2.85. The lowest BCUT2D eigenvalue weighted by Gasteiger charge is -2.29. The Morgan fingerprint density at radius 3 is 2.74 bits per heavy atom. The fourth-order valence-corrected chi connectivity index (χ4v) is 2.85. The molecule has 2 rings (SSSR count). The maximum Gasteiger partial charge on any atom is 0.351 e. The van der Waals surface area contributed by atoms with Crippen molar-refractivity contribution in [1.29, 1.82) is 0 Å². The summed E-state index contributed by atoms with van der Waals surface area (Å²) in [5, 5.41) is 9.73. The SMILES string of the molecule is CO[C@@H]1C(OC(C)C)C(n2cc(C)c(N)nc2=O)OC1(C)CO. The molecule has 1 saturated heterocycles.